The van der Waals surface area contributed by atoms with Gasteiger partial charge in [-0.25, -0.2) is 9.59 Å². The quantitative estimate of drug-likeness (QED) is 0.366. The molecule has 0 aliphatic heterocycles. The summed E-state index contributed by atoms with van der Waals surface area (Å²) in [5.41, 5.74) is 10.6. The van der Waals surface area contributed by atoms with Crippen LogP contribution in [0.2, 0.25) is 0 Å². The normalized spacial score (nSPS) is 9.62. The summed E-state index contributed by atoms with van der Waals surface area (Å²) in [6.45, 7) is 1.65. The molecule has 0 atom stereocenters. The maximum Gasteiger partial charge on any atom is 0.328 e. The van der Waals surface area contributed by atoms with Crippen molar-refractivity contribution < 1.29 is 19.8 Å². The molecular weight excluding hydrogens is 212 g/mol. The molecule has 0 saturated carbocycles. The van der Waals surface area contributed by atoms with Crippen molar-refractivity contribution in [1.82, 2.24) is 0 Å². The van der Waals surface area contributed by atoms with Gasteiger partial charge < -0.3 is 21.7 Å². The summed E-state index contributed by atoms with van der Waals surface area (Å²) in [6, 6.07) is 0. The second-order valence-electron chi connectivity index (χ2n) is 3.00. The van der Waals surface area contributed by atoms with Gasteiger partial charge in [0.05, 0.1) is 0 Å². The van der Waals surface area contributed by atoms with E-state index < -0.39 is 11.9 Å². The molecule has 94 valence electrons. The summed E-state index contributed by atoms with van der Waals surface area (Å²) in [5, 5.41) is 15.6. The predicted molar refractivity (Wildman–Crippen MR) is 61.0 cm³/mol. The van der Waals surface area contributed by atoms with Crippen LogP contribution in [-0.4, -0.2) is 35.2 Å². The highest BCUT2D eigenvalue weighted by atomic mass is 16.4. The van der Waals surface area contributed by atoms with Gasteiger partial charge in [0, 0.05) is 12.2 Å². The fourth-order valence-electron chi connectivity index (χ4n) is 0.785. The lowest BCUT2D eigenvalue weighted by Gasteiger charge is -1.94. The second kappa shape index (κ2) is 13.6. The molecule has 0 fully saturated rings. The molecule has 0 radical (unpaired) electrons. The van der Waals surface area contributed by atoms with Crippen LogP contribution < -0.4 is 11.5 Å². The third-order valence-corrected chi connectivity index (χ3v) is 1.53. The van der Waals surface area contributed by atoms with Crippen molar-refractivity contribution in [3.05, 3.63) is 12.2 Å². The Morgan fingerprint density at radius 3 is 1.31 bits per heavy atom. The Balaban J connectivity index is 0. The number of unbranched alkanes of at least 4 members (excludes halogenated alkanes) is 3. The molecule has 0 aliphatic rings. The summed E-state index contributed by atoms with van der Waals surface area (Å²) >= 11 is 0. The number of carboxylic acid groups (broad SMARTS) is 2. The maximum absolute atomic E-state index is 9.55. The highest BCUT2D eigenvalue weighted by Crippen LogP contribution is 1.95. The van der Waals surface area contributed by atoms with Crippen molar-refractivity contribution in [1.29, 1.82) is 0 Å². The number of rotatable bonds is 7. The van der Waals surface area contributed by atoms with Gasteiger partial charge in [-0.2, -0.15) is 0 Å². The highest BCUT2D eigenvalue weighted by molar-refractivity contribution is 5.89. The van der Waals surface area contributed by atoms with Crippen LogP contribution in [0.15, 0.2) is 12.2 Å². The van der Waals surface area contributed by atoms with Gasteiger partial charge in [0.25, 0.3) is 0 Å². The molecule has 6 heteroatoms. The second-order valence-corrected chi connectivity index (χ2v) is 3.00. The smallest absolute Gasteiger partial charge is 0.328 e. The SMILES string of the molecule is NCCCCCCN.O=C(O)C=CC(=O)O. The van der Waals surface area contributed by atoms with Crippen LogP contribution in [-0.2, 0) is 9.59 Å². The number of hydrogen-bond donors (Lipinski definition) is 4. The van der Waals surface area contributed by atoms with Gasteiger partial charge in [0.1, 0.15) is 0 Å². The van der Waals surface area contributed by atoms with Gasteiger partial charge in [-0.3, -0.25) is 0 Å². The van der Waals surface area contributed by atoms with E-state index in [0.29, 0.717) is 12.2 Å². The predicted octanol–water partition coefficient (Wildman–Crippen LogP) is 0.176. The molecule has 6 N–H and O–H groups in total. The number of hydrogen-bond acceptors (Lipinski definition) is 4. The zero-order chi connectivity index (χ0) is 12.8. The van der Waals surface area contributed by atoms with E-state index in [1.54, 1.807) is 0 Å². The topological polar surface area (TPSA) is 127 Å². The standard InChI is InChI=1S/C6H16N2.C4H4O4/c7-5-3-1-2-4-6-8;5-3(6)1-2-4(7)8/h1-8H2;1-2H,(H,5,6)(H,7,8). The number of carbonyl (C=O) groups is 2. The van der Waals surface area contributed by atoms with E-state index in [1.807, 2.05) is 0 Å². The molecule has 0 aliphatic carbocycles. The molecule has 0 heterocycles. The Hall–Kier alpha value is -1.40. The molecule has 0 saturated heterocycles. The average Bonchev–Trinajstić information content (AvgIpc) is 2.23. The molecule has 6 nitrogen and oxygen atoms in total. The van der Waals surface area contributed by atoms with Crippen molar-refractivity contribution in [3.63, 3.8) is 0 Å². The van der Waals surface area contributed by atoms with E-state index in [2.05, 4.69) is 0 Å². The third kappa shape index (κ3) is 22.9. The van der Waals surface area contributed by atoms with Crippen LogP contribution in [0.5, 0.6) is 0 Å². The first kappa shape index (κ1) is 17.0. The van der Waals surface area contributed by atoms with Crippen LogP contribution in [0, 0.1) is 0 Å². The van der Waals surface area contributed by atoms with Crippen LogP contribution in [0.25, 0.3) is 0 Å². The molecule has 0 amide bonds. The first-order valence-electron chi connectivity index (χ1n) is 5.08. The maximum atomic E-state index is 9.55. The first-order chi connectivity index (χ1) is 7.54. The van der Waals surface area contributed by atoms with Crippen molar-refractivity contribution in [2.75, 3.05) is 13.1 Å². The van der Waals surface area contributed by atoms with Crippen LogP contribution in [0.3, 0.4) is 0 Å². The molecule has 0 aromatic heterocycles. The first-order valence-corrected chi connectivity index (χ1v) is 5.08. The Morgan fingerprint density at radius 2 is 1.12 bits per heavy atom. The van der Waals surface area contributed by atoms with Crippen LogP contribution in [0.4, 0.5) is 0 Å². The summed E-state index contributed by atoms with van der Waals surface area (Å²) in [5.74, 6) is -2.51. The molecule has 0 unspecified atom stereocenters. The van der Waals surface area contributed by atoms with Crippen LogP contribution >= 0.6 is 0 Å². The molecular formula is C10H20N2O4. The van der Waals surface area contributed by atoms with E-state index in [-0.39, 0.29) is 0 Å². The molecule has 0 bridgehead atoms. The molecule has 0 spiro atoms. The van der Waals surface area contributed by atoms with E-state index >= 15 is 0 Å². The van der Waals surface area contributed by atoms with E-state index in [9.17, 15) is 9.59 Å². The molecule has 0 aromatic rings. The Labute approximate surface area is 94.9 Å². The van der Waals surface area contributed by atoms with Gasteiger partial charge in [-0.05, 0) is 25.9 Å². The summed E-state index contributed by atoms with van der Waals surface area (Å²) < 4.78 is 0. The fourth-order valence-corrected chi connectivity index (χ4v) is 0.785. The Morgan fingerprint density at radius 1 is 0.812 bits per heavy atom. The van der Waals surface area contributed by atoms with Gasteiger partial charge in [-0.1, -0.05) is 12.8 Å². The average molecular weight is 232 g/mol. The van der Waals surface area contributed by atoms with Gasteiger partial charge in [-0.15, -0.1) is 0 Å². The monoisotopic (exact) mass is 232 g/mol. The minimum absolute atomic E-state index is 0.558. The van der Waals surface area contributed by atoms with Crippen molar-refractivity contribution in [2.24, 2.45) is 11.5 Å². The van der Waals surface area contributed by atoms with E-state index in [4.69, 9.17) is 21.7 Å². The lowest BCUT2D eigenvalue weighted by molar-refractivity contribution is -0.134. The van der Waals surface area contributed by atoms with Gasteiger partial charge in [0.15, 0.2) is 0 Å². The zero-order valence-electron chi connectivity index (χ0n) is 9.26. The minimum Gasteiger partial charge on any atom is -0.478 e. The summed E-state index contributed by atoms with van der Waals surface area (Å²) in [6.07, 6.45) is 5.91. The third-order valence-electron chi connectivity index (χ3n) is 1.53. The van der Waals surface area contributed by atoms with E-state index in [0.717, 1.165) is 25.9 Å². The van der Waals surface area contributed by atoms with Crippen molar-refractivity contribution in [2.45, 2.75) is 25.7 Å². The fraction of sp³-hybridized carbons (Fsp3) is 0.600. The largest absolute Gasteiger partial charge is 0.478 e. The van der Waals surface area contributed by atoms with E-state index in [1.165, 1.54) is 12.8 Å². The molecule has 0 rings (SSSR count). The number of aliphatic carboxylic acids is 2. The molecule has 16 heavy (non-hydrogen) atoms. The lowest BCUT2D eigenvalue weighted by atomic mass is 10.2. The zero-order valence-corrected chi connectivity index (χ0v) is 9.26. The summed E-state index contributed by atoms with van der Waals surface area (Å²) in [7, 11) is 0. The van der Waals surface area contributed by atoms with Gasteiger partial charge in [0.2, 0.25) is 0 Å². The number of carboxylic acids is 2. The van der Waals surface area contributed by atoms with Gasteiger partial charge >= 0.3 is 11.9 Å². The van der Waals surface area contributed by atoms with Crippen molar-refractivity contribution in [3.8, 4) is 0 Å². The molecule has 0 aromatic carbocycles. The minimum atomic E-state index is -1.26. The Kier molecular flexibility index (Phi) is 14.5. The highest BCUT2D eigenvalue weighted by Gasteiger charge is 1.88. The lowest BCUT2D eigenvalue weighted by Crippen LogP contribution is -2.00. The summed E-state index contributed by atoms with van der Waals surface area (Å²) in [4.78, 5) is 19.1. The van der Waals surface area contributed by atoms with Crippen LogP contribution in [0.1, 0.15) is 25.7 Å². The number of nitrogens with two attached hydrogens (primary N) is 2. The van der Waals surface area contributed by atoms with Crippen molar-refractivity contribution >= 4 is 11.9 Å². The Bertz CT molecular complexity index is 195.